The van der Waals surface area contributed by atoms with Crippen molar-refractivity contribution in [1.29, 1.82) is 0 Å². The lowest BCUT2D eigenvalue weighted by Gasteiger charge is -2.40. The summed E-state index contributed by atoms with van der Waals surface area (Å²) >= 11 is 0. The highest BCUT2D eigenvalue weighted by molar-refractivity contribution is 5.95. The monoisotopic (exact) mass is 306 g/mol. The Bertz CT molecular complexity index is 392. The highest BCUT2D eigenvalue weighted by atomic mass is 19.4. The number of nitrogens with zero attached hydrogens (tertiary/aromatic N) is 1. The average Bonchev–Trinajstić information content (AvgIpc) is 2.42. The largest absolute Gasteiger partial charge is 0.389 e. The number of piperazine rings is 1. The first-order chi connectivity index (χ1) is 9.88. The van der Waals surface area contributed by atoms with Crippen LogP contribution in [0.2, 0.25) is 0 Å². The van der Waals surface area contributed by atoms with Crippen LogP contribution in [0.15, 0.2) is 0 Å². The van der Waals surface area contributed by atoms with E-state index in [1.165, 1.54) is 4.90 Å². The first-order valence-electron chi connectivity index (χ1n) is 7.52. The molecule has 1 unspecified atom stereocenters. The maximum atomic E-state index is 12.3. The van der Waals surface area contributed by atoms with Crippen molar-refractivity contribution >= 4 is 11.8 Å². The lowest BCUT2D eigenvalue weighted by atomic mass is 9.82. The van der Waals surface area contributed by atoms with Crippen LogP contribution in [0.4, 0.5) is 13.2 Å². The molecule has 4 nitrogen and oxygen atoms in total. The van der Waals surface area contributed by atoms with Gasteiger partial charge in [-0.2, -0.15) is 13.2 Å². The zero-order valence-electron chi connectivity index (χ0n) is 11.9. The van der Waals surface area contributed by atoms with Crippen molar-refractivity contribution in [3.63, 3.8) is 0 Å². The molecule has 21 heavy (non-hydrogen) atoms. The standard InChI is InChI=1S/C14H21F3N2O2/c15-14(16,17)7-4-8-19-11(20)9-18-13(21)12(19)10-5-2-1-3-6-10/h10,12H,1-9H2,(H,18,21). The molecule has 0 spiro atoms. The van der Waals surface area contributed by atoms with Gasteiger partial charge in [-0.25, -0.2) is 0 Å². The molecule has 7 heteroatoms. The number of nitrogens with one attached hydrogen (secondary N) is 1. The molecule has 1 heterocycles. The predicted octanol–water partition coefficient (Wildman–Crippen LogP) is 2.24. The van der Waals surface area contributed by atoms with Crippen molar-refractivity contribution in [3.05, 3.63) is 0 Å². The van der Waals surface area contributed by atoms with E-state index in [1.54, 1.807) is 0 Å². The SMILES string of the molecule is O=C1NCC(=O)N(CCCC(F)(F)F)C1C1CCCCC1. The minimum atomic E-state index is -4.22. The molecule has 1 aliphatic carbocycles. The maximum absolute atomic E-state index is 12.3. The minimum absolute atomic E-state index is 0.00688. The second-order valence-electron chi connectivity index (χ2n) is 5.87. The molecular formula is C14H21F3N2O2. The van der Waals surface area contributed by atoms with Gasteiger partial charge in [0.25, 0.3) is 0 Å². The van der Waals surface area contributed by atoms with E-state index in [0.29, 0.717) is 0 Å². The quantitative estimate of drug-likeness (QED) is 0.866. The molecule has 2 amide bonds. The van der Waals surface area contributed by atoms with E-state index >= 15 is 0 Å². The van der Waals surface area contributed by atoms with Crippen molar-refractivity contribution in [1.82, 2.24) is 10.2 Å². The Morgan fingerprint density at radius 3 is 2.43 bits per heavy atom. The van der Waals surface area contributed by atoms with E-state index in [4.69, 9.17) is 0 Å². The van der Waals surface area contributed by atoms with Gasteiger partial charge in [0.1, 0.15) is 6.04 Å². The smallest absolute Gasteiger partial charge is 0.345 e. The van der Waals surface area contributed by atoms with E-state index in [0.717, 1.165) is 32.1 Å². The molecule has 0 aromatic carbocycles. The van der Waals surface area contributed by atoms with Crippen LogP contribution in [0.25, 0.3) is 0 Å². The topological polar surface area (TPSA) is 49.4 Å². The summed E-state index contributed by atoms with van der Waals surface area (Å²) in [5.41, 5.74) is 0. The number of carbonyl (C=O) groups is 2. The number of rotatable bonds is 4. The second-order valence-corrected chi connectivity index (χ2v) is 5.87. The molecule has 0 aromatic heterocycles. The maximum Gasteiger partial charge on any atom is 0.389 e. The zero-order valence-corrected chi connectivity index (χ0v) is 11.9. The molecule has 2 aliphatic rings. The van der Waals surface area contributed by atoms with Crippen LogP contribution in [0.5, 0.6) is 0 Å². The highest BCUT2D eigenvalue weighted by Gasteiger charge is 2.40. The lowest BCUT2D eigenvalue weighted by molar-refractivity contribution is -0.151. The summed E-state index contributed by atoms with van der Waals surface area (Å²) < 4.78 is 36.8. The van der Waals surface area contributed by atoms with Gasteiger partial charge in [-0.15, -0.1) is 0 Å². The highest BCUT2D eigenvalue weighted by Crippen LogP contribution is 2.31. The van der Waals surface area contributed by atoms with E-state index < -0.39 is 18.6 Å². The third-order valence-corrected chi connectivity index (χ3v) is 4.29. The van der Waals surface area contributed by atoms with Crippen molar-refractivity contribution in [3.8, 4) is 0 Å². The number of halogens is 3. The number of alkyl halides is 3. The molecule has 2 fully saturated rings. The summed E-state index contributed by atoms with van der Waals surface area (Å²) in [6.45, 7) is -0.0962. The molecule has 0 radical (unpaired) electrons. The van der Waals surface area contributed by atoms with Gasteiger partial charge >= 0.3 is 6.18 Å². The van der Waals surface area contributed by atoms with Crippen LogP contribution in [0.3, 0.4) is 0 Å². The fourth-order valence-electron chi connectivity index (χ4n) is 3.30. The van der Waals surface area contributed by atoms with Crippen LogP contribution < -0.4 is 5.32 Å². The van der Waals surface area contributed by atoms with E-state index in [2.05, 4.69) is 5.32 Å². The van der Waals surface area contributed by atoms with Crippen molar-refractivity contribution in [2.24, 2.45) is 5.92 Å². The van der Waals surface area contributed by atoms with Crippen LogP contribution in [0.1, 0.15) is 44.9 Å². The first-order valence-corrected chi connectivity index (χ1v) is 7.52. The Labute approximate surface area is 122 Å². The summed E-state index contributed by atoms with van der Waals surface area (Å²) in [5, 5.41) is 2.56. The first kappa shape index (κ1) is 16.1. The predicted molar refractivity (Wildman–Crippen MR) is 70.4 cm³/mol. The molecule has 1 saturated heterocycles. The van der Waals surface area contributed by atoms with Gasteiger partial charge in [0, 0.05) is 13.0 Å². The van der Waals surface area contributed by atoms with Crippen LogP contribution >= 0.6 is 0 Å². The fraction of sp³-hybridized carbons (Fsp3) is 0.857. The van der Waals surface area contributed by atoms with Gasteiger partial charge in [-0.1, -0.05) is 19.3 Å². The summed E-state index contributed by atoms with van der Waals surface area (Å²) in [6.07, 6.45) is -0.420. The van der Waals surface area contributed by atoms with E-state index in [1.807, 2.05) is 0 Å². The Morgan fingerprint density at radius 2 is 1.81 bits per heavy atom. The molecule has 1 atom stereocenters. The molecule has 1 saturated carbocycles. The van der Waals surface area contributed by atoms with Gasteiger partial charge in [-0.3, -0.25) is 9.59 Å². The Balaban J connectivity index is 2.01. The van der Waals surface area contributed by atoms with Gasteiger partial charge in [0.2, 0.25) is 11.8 Å². The number of amides is 2. The Hall–Kier alpha value is -1.27. The van der Waals surface area contributed by atoms with Crippen molar-refractivity contribution < 1.29 is 22.8 Å². The number of hydrogen-bond donors (Lipinski definition) is 1. The molecule has 0 bridgehead atoms. The third-order valence-electron chi connectivity index (χ3n) is 4.29. The van der Waals surface area contributed by atoms with E-state index in [9.17, 15) is 22.8 Å². The second kappa shape index (κ2) is 6.66. The molecular weight excluding hydrogens is 285 g/mol. The van der Waals surface area contributed by atoms with Crippen molar-refractivity contribution in [2.45, 2.75) is 57.2 Å². The van der Waals surface area contributed by atoms with Crippen LogP contribution in [-0.4, -0.2) is 42.0 Å². The molecule has 1 N–H and O–H groups in total. The third kappa shape index (κ3) is 4.35. The molecule has 0 aromatic rings. The number of hydrogen-bond acceptors (Lipinski definition) is 2. The van der Waals surface area contributed by atoms with Gasteiger partial charge in [0.15, 0.2) is 0 Å². The van der Waals surface area contributed by atoms with E-state index in [-0.39, 0.29) is 37.2 Å². The Morgan fingerprint density at radius 1 is 1.14 bits per heavy atom. The Kier molecular flexibility index (Phi) is 5.11. The molecule has 120 valence electrons. The fourth-order valence-corrected chi connectivity index (χ4v) is 3.30. The van der Waals surface area contributed by atoms with Gasteiger partial charge < -0.3 is 10.2 Å². The normalized spacial score (nSPS) is 25.1. The van der Waals surface area contributed by atoms with Gasteiger partial charge in [0.05, 0.1) is 6.54 Å². The van der Waals surface area contributed by atoms with Gasteiger partial charge in [-0.05, 0) is 25.2 Å². The van der Waals surface area contributed by atoms with Crippen LogP contribution in [-0.2, 0) is 9.59 Å². The summed E-state index contributed by atoms with van der Waals surface area (Å²) in [7, 11) is 0. The molecule has 1 aliphatic heterocycles. The zero-order chi connectivity index (χ0) is 15.5. The van der Waals surface area contributed by atoms with Crippen molar-refractivity contribution in [2.75, 3.05) is 13.1 Å². The summed E-state index contributed by atoms with van der Waals surface area (Å²) in [5.74, 6) is -0.408. The number of carbonyl (C=O) groups excluding carboxylic acids is 2. The average molecular weight is 306 g/mol. The summed E-state index contributed by atoms with van der Waals surface area (Å²) in [6, 6.07) is -0.584. The lowest BCUT2D eigenvalue weighted by Crippen LogP contribution is -2.61. The minimum Gasteiger partial charge on any atom is -0.345 e. The van der Waals surface area contributed by atoms with Crippen LogP contribution in [0, 0.1) is 5.92 Å². The molecule has 2 rings (SSSR count). The summed E-state index contributed by atoms with van der Waals surface area (Å²) in [4.78, 5) is 25.4.